The zero-order chi connectivity index (χ0) is 23.4. The molecule has 0 aliphatic carbocycles. The largest absolute Gasteiger partial charge is 0.457 e. The van der Waals surface area contributed by atoms with Gasteiger partial charge in [-0.2, -0.15) is 18.3 Å². The molecule has 0 saturated heterocycles. The minimum atomic E-state index is -4.49. The highest BCUT2D eigenvalue weighted by Crippen LogP contribution is 2.29. The molecule has 1 aromatic carbocycles. The highest BCUT2D eigenvalue weighted by molar-refractivity contribution is 5.90. The van der Waals surface area contributed by atoms with Gasteiger partial charge in [0.25, 0.3) is 0 Å². The van der Waals surface area contributed by atoms with E-state index in [0.29, 0.717) is 29.0 Å². The van der Waals surface area contributed by atoms with E-state index in [4.69, 9.17) is 9.47 Å². The molecule has 0 saturated carbocycles. The third-order valence-electron chi connectivity index (χ3n) is 4.72. The Morgan fingerprint density at radius 2 is 1.85 bits per heavy atom. The maximum Gasteiger partial charge on any atom is 0.417 e. The van der Waals surface area contributed by atoms with E-state index >= 15 is 0 Å². The Kier molecular flexibility index (Phi) is 6.07. The molecule has 0 bridgehead atoms. The molecule has 10 heteroatoms. The number of ether oxygens (including phenoxy) is 2. The summed E-state index contributed by atoms with van der Waals surface area (Å²) in [6.07, 6.45) is 0.707. The van der Waals surface area contributed by atoms with Crippen LogP contribution in [0.3, 0.4) is 0 Å². The summed E-state index contributed by atoms with van der Waals surface area (Å²) in [7, 11) is 0. The van der Waals surface area contributed by atoms with Crippen LogP contribution >= 0.6 is 0 Å². The van der Waals surface area contributed by atoms with Crippen LogP contribution in [-0.2, 0) is 17.5 Å². The first kappa shape index (κ1) is 22.0. The lowest BCUT2D eigenvalue weighted by atomic mass is 10.2. The first-order valence-corrected chi connectivity index (χ1v) is 9.74. The summed E-state index contributed by atoms with van der Waals surface area (Å²) in [5, 5.41) is 4.07. The molecule has 0 amide bonds. The van der Waals surface area contributed by atoms with Gasteiger partial charge < -0.3 is 9.47 Å². The summed E-state index contributed by atoms with van der Waals surface area (Å²) in [6, 6.07) is 12.7. The quantitative estimate of drug-likeness (QED) is 0.376. The molecule has 3 heterocycles. The third kappa shape index (κ3) is 5.00. The van der Waals surface area contributed by atoms with Crippen molar-refractivity contribution in [2.75, 3.05) is 0 Å². The SMILES string of the molecule is Cc1c(C(=O)OCc2ccccc2Oc2cccnc2)cnn1-c1ccc(C(F)(F)F)cn1. The Labute approximate surface area is 186 Å². The van der Waals surface area contributed by atoms with Gasteiger partial charge in [-0.1, -0.05) is 18.2 Å². The number of benzene rings is 1. The second kappa shape index (κ2) is 9.11. The van der Waals surface area contributed by atoms with Crippen LogP contribution < -0.4 is 4.74 Å². The smallest absolute Gasteiger partial charge is 0.417 e. The number of hydrogen-bond acceptors (Lipinski definition) is 6. The number of carbonyl (C=O) groups excluding carboxylic acids is 1. The minimum absolute atomic E-state index is 0.0571. The van der Waals surface area contributed by atoms with Crippen molar-refractivity contribution >= 4 is 5.97 Å². The van der Waals surface area contributed by atoms with Crippen LogP contribution in [0.25, 0.3) is 5.82 Å². The molecule has 0 aliphatic rings. The predicted octanol–water partition coefficient (Wildman–Crippen LogP) is 5.14. The van der Waals surface area contributed by atoms with E-state index in [1.54, 1.807) is 55.7 Å². The third-order valence-corrected chi connectivity index (χ3v) is 4.72. The summed E-state index contributed by atoms with van der Waals surface area (Å²) in [4.78, 5) is 20.4. The van der Waals surface area contributed by atoms with Crippen molar-refractivity contribution in [1.29, 1.82) is 0 Å². The molecular formula is C23H17F3N4O3. The topological polar surface area (TPSA) is 79.1 Å². The van der Waals surface area contributed by atoms with Gasteiger partial charge in [-0.05, 0) is 37.3 Å². The van der Waals surface area contributed by atoms with E-state index < -0.39 is 17.7 Å². The van der Waals surface area contributed by atoms with Crippen LogP contribution in [0.15, 0.2) is 73.3 Å². The molecule has 0 fully saturated rings. The zero-order valence-corrected chi connectivity index (χ0v) is 17.3. The van der Waals surface area contributed by atoms with E-state index in [0.717, 1.165) is 6.07 Å². The highest BCUT2D eigenvalue weighted by Gasteiger charge is 2.31. The molecule has 33 heavy (non-hydrogen) atoms. The molecule has 0 aliphatic heterocycles. The molecule has 4 rings (SSSR count). The standard InChI is InChI=1S/C23H17F3N4O3/c1-15-19(13-29-30(15)21-9-8-17(11-28-21)23(24,25)26)22(31)32-14-16-5-2-3-7-20(16)33-18-6-4-10-27-12-18/h2-13H,14H2,1H3. The Balaban J connectivity index is 1.47. The molecule has 3 aromatic heterocycles. The van der Waals surface area contributed by atoms with Gasteiger partial charge in [-0.15, -0.1) is 0 Å². The number of alkyl halides is 3. The fourth-order valence-electron chi connectivity index (χ4n) is 3.00. The summed E-state index contributed by atoms with van der Waals surface area (Å²) >= 11 is 0. The van der Waals surface area contributed by atoms with E-state index in [1.165, 1.54) is 16.9 Å². The molecule has 0 N–H and O–H groups in total. The fraction of sp³-hybridized carbons (Fsp3) is 0.130. The zero-order valence-electron chi connectivity index (χ0n) is 17.3. The van der Waals surface area contributed by atoms with Crippen molar-refractivity contribution in [1.82, 2.24) is 19.7 Å². The summed E-state index contributed by atoms with van der Waals surface area (Å²) in [6.45, 7) is 1.54. The van der Waals surface area contributed by atoms with Crippen molar-refractivity contribution in [3.05, 3.63) is 95.7 Å². The van der Waals surface area contributed by atoms with Gasteiger partial charge in [0, 0.05) is 18.0 Å². The van der Waals surface area contributed by atoms with Crippen LogP contribution in [0, 0.1) is 6.92 Å². The number of halogens is 3. The van der Waals surface area contributed by atoms with Crippen molar-refractivity contribution in [2.45, 2.75) is 19.7 Å². The Morgan fingerprint density at radius 3 is 2.55 bits per heavy atom. The molecule has 0 spiro atoms. The lowest BCUT2D eigenvalue weighted by molar-refractivity contribution is -0.137. The summed E-state index contributed by atoms with van der Waals surface area (Å²) in [5.41, 5.74) is 0.321. The fourth-order valence-corrected chi connectivity index (χ4v) is 3.00. The van der Waals surface area contributed by atoms with Crippen LogP contribution in [0.4, 0.5) is 13.2 Å². The molecule has 0 atom stereocenters. The summed E-state index contributed by atoms with van der Waals surface area (Å²) < 4.78 is 50.8. The molecule has 0 radical (unpaired) electrons. The Hall–Kier alpha value is -4.21. The highest BCUT2D eigenvalue weighted by atomic mass is 19.4. The molecule has 0 unspecified atom stereocenters. The van der Waals surface area contributed by atoms with Gasteiger partial charge in [0.05, 0.1) is 23.7 Å². The minimum Gasteiger partial charge on any atom is -0.457 e. The van der Waals surface area contributed by atoms with Crippen molar-refractivity contribution in [2.24, 2.45) is 0 Å². The van der Waals surface area contributed by atoms with Gasteiger partial charge in [0.15, 0.2) is 5.82 Å². The second-order valence-electron chi connectivity index (χ2n) is 6.93. The van der Waals surface area contributed by atoms with Crippen molar-refractivity contribution in [3.8, 4) is 17.3 Å². The van der Waals surface area contributed by atoms with E-state index in [2.05, 4.69) is 15.1 Å². The van der Waals surface area contributed by atoms with E-state index in [9.17, 15) is 18.0 Å². The second-order valence-corrected chi connectivity index (χ2v) is 6.93. The number of para-hydroxylation sites is 1. The first-order chi connectivity index (χ1) is 15.8. The average molecular weight is 454 g/mol. The number of aromatic nitrogens is 4. The molecular weight excluding hydrogens is 437 g/mol. The molecule has 168 valence electrons. The Morgan fingerprint density at radius 1 is 1.03 bits per heavy atom. The maximum atomic E-state index is 12.8. The lowest BCUT2D eigenvalue weighted by Gasteiger charge is -2.11. The predicted molar refractivity (Wildman–Crippen MR) is 111 cm³/mol. The summed E-state index contributed by atoms with van der Waals surface area (Å²) in [5.74, 6) is 0.564. The number of nitrogens with zero attached hydrogens (tertiary/aromatic N) is 4. The Bertz CT molecular complexity index is 1260. The normalized spacial score (nSPS) is 11.3. The van der Waals surface area contributed by atoms with Crippen LogP contribution in [0.5, 0.6) is 11.5 Å². The van der Waals surface area contributed by atoms with Gasteiger partial charge in [0.2, 0.25) is 0 Å². The number of hydrogen-bond donors (Lipinski definition) is 0. The number of rotatable bonds is 6. The van der Waals surface area contributed by atoms with Gasteiger partial charge in [-0.25, -0.2) is 14.5 Å². The van der Waals surface area contributed by atoms with Gasteiger partial charge in [-0.3, -0.25) is 4.98 Å². The van der Waals surface area contributed by atoms with Crippen LogP contribution in [0.2, 0.25) is 0 Å². The van der Waals surface area contributed by atoms with Crippen molar-refractivity contribution in [3.63, 3.8) is 0 Å². The van der Waals surface area contributed by atoms with Crippen LogP contribution in [-0.4, -0.2) is 25.7 Å². The van der Waals surface area contributed by atoms with Crippen LogP contribution in [0.1, 0.15) is 27.2 Å². The number of pyridine rings is 2. The van der Waals surface area contributed by atoms with E-state index in [1.807, 2.05) is 0 Å². The van der Waals surface area contributed by atoms with Gasteiger partial charge >= 0.3 is 12.1 Å². The first-order valence-electron chi connectivity index (χ1n) is 9.74. The van der Waals surface area contributed by atoms with Gasteiger partial charge in [0.1, 0.15) is 23.7 Å². The molecule has 4 aromatic rings. The lowest BCUT2D eigenvalue weighted by Crippen LogP contribution is -2.09. The van der Waals surface area contributed by atoms with Crippen molar-refractivity contribution < 1.29 is 27.4 Å². The number of esters is 1. The maximum absolute atomic E-state index is 12.8. The number of carbonyl (C=O) groups is 1. The van der Waals surface area contributed by atoms with E-state index in [-0.39, 0.29) is 18.0 Å². The molecule has 7 nitrogen and oxygen atoms in total. The monoisotopic (exact) mass is 454 g/mol. The average Bonchev–Trinajstić information content (AvgIpc) is 3.20.